The topological polar surface area (TPSA) is 74.6 Å². The lowest BCUT2D eigenvalue weighted by Gasteiger charge is -1.98. The summed E-state index contributed by atoms with van der Waals surface area (Å²) in [6, 6.07) is 0. The molecule has 2 rings (SSSR count). The first-order valence-corrected chi connectivity index (χ1v) is 12.9. The van der Waals surface area contributed by atoms with Gasteiger partial charge in [0.25, 0.3) is 0 Å². The summed E-state index contributed by atoms with van der Waals surface area (Å²) in [5.74, 6) is 14.9. The van der Waals surface area contributed by atoms with Gasteiger partial charge >= 0.3 is 0 Å². The first-order valence-electron chi connectivity index (χ1n) is 12.9. The molecule has 0 heterocycles. The van der Waals surface area contributed by atoms with E-state index >= 15 is 0 Å². The van der Waals surface area contributed by atoms with Crippen molar-refractivity contribution in [3.05, 3.63) is 12.2 Å². The molecule has 0 saturated heterocycles. The largest absolute Gasteiger partial charge is 0.396 e. The van der Waals surface area contributed by atoms with E-state index in [1.54, 1.807) is 6.08 Å². The highest BCUT2D eigenvalue weighted by Gasteiger charge is 2.35. The molecule has 0 amide bonds. The fourth-order valence-corrected chi connectivity index (χ4v) is 4.34. The lowest BCUT2D eigenvalue weighted by atomic mass is 10.1. The second kappa shape index (κ2) is 19.6. The molecular formula is C29H44O4. The second-order valence-electron chi connectivity index (χ2n) is 9.44. The molecule has 4 nitrogen and oxygen atoms in total. The van der Waals surface area contributed by atoms with E-state index in [2.05, 4.69) is 23.7 Å². The summed E-state index contributed by atoms with van der Waals surface area (Å²) >= 11 is 0. The molecule has 2 N–H and O–H groups in total. The van der Waals surface area contributed by atoms with Crippen molar-refractivity contribution >= 4 is 12.1 Å². The summed E-state index contributed by atoms with van der Waals surface area (Å²) in [4.78, 5) is 20.6. The maximum Gasteiger partial charge on any atom is 0.192 e. The van der Waals surface area contributed by atoms with Gasteiger partial charge in [0.05, 0.1) is 0 Å². The van der Waals surface area contributed by atoms with Gasteiger partial charge < -0.3 is 10.2 Å². The third kappa shape index (κ3) is 17.3. The normalized spacial score (nSPS) is 22.3. The van der Waals surface area contributed by atoms with Gasteiger partial charge in [-0.2, -0.15) is 0 Å². The Hall–Kier alpha value is -1.88. The molecule has 0 aliphatic heterocycles. The van der Waals surface area contributed by atoms with Crippen LogP contribution < -0.4 is 0 Å². The Kier molecular flexibility index (Phi) is 17.3. The van der Waals surface area contributed by atoms with E-state index in [9.17, 15) is 9.59 Å². The molecule has 2 saturated carbocycles. The molecule has 4 atom stereocenters. The van der Waals surface area contributed by atoms with E-state index < -0.39 is 0 Å². The molecule has 4 heteroatoms. The molecule has 0 radical (unpaired) electrons. The first kappa shape index (κ1) is 29.2. The van der Waals surface area contributed by atoms with Crippen molar-refractivity contribution in [3.8, 4) is 23.7 Å². The zero-order chi connectivity index (χ0) is 24.2. The lowest BCUT2D eigenvalue weighted by molar-refractivity contribution is -0.112. The number of aliphatic hydroxyl groups is 2. The first-order chi connectivity index (χ1) is 16.1. The van der Waals surface area contributed by atoms with Gasteiger partial charge in [-0.1, -0.05) is 56.3 Å². The van der Waals surface area contributed by atoms with Crippen LogP contribution in [0, 0.1) is 47.4 Å². The number of carbonyl (C=O) groups excluding carboxylic acids is 2. The van der Waals surface area contributed by atoms with Crippen LogP contribution >= 0.6 is 0 Å². The number of aldehydes is 1. The Morgan fingerprint density at radius 2 is 1.24 bits per heavy atom. The molecule has 33 heavy (non-hydrogen) atoms. The number of carbonyl (C=O) groups is 2. The average molecular weight is 457 g/mol. The van der Waals surface area contributed by atoms with E-state index in [0.717, 1.165) is 68.6 Å². The summed E-state index contributed by atoms with van der Waals surface area (Å²) in [5.41, 5.74) is 0. The Labute approximate surface area is 201 Å². The van der Waals surface area contributed by atoms with E-state index in [4.69, 9.17) is 10.2 Å². The number of rotatable bonds is 15. The van der Waals surface area contributed by atoms with Gasteiger partial charge in [0, 0.05) is 26.1 Å². The van der Waals surface area contributed by atoms with Crippen LogP contribution in [0.5, 0.6) is 0 Å². The van der Waals surface area contributed by atoms with Crippen LogP contribution in [0.3, 0.4) is 0 Å². The minimum Gasteiger partial charge on any atom is -0.396 e. The smallest absolute Gasteiger partial charge is 0.192 e. The van der Waals surface area contributed by atoms with Crippen LogP contribution in [-0.4, -0.2) is 35.5 Å². The van der Waals surface area contributed by atoms with Crippen LogP contribution in [0.15, 0.2) is 12.2 Å². The Balaban J connectivity index is 0.000000335. The van der Waals surface area contributed by atoms with Gasteiger partial charge in [-0.3, -0.25) is 9.59 Å². The van der Waals surface area contributed by atoms with Crippen LogP contribution in [0.4, 0.5) is 0 Å². The summed E-state index contributed by atoms with van der Waals surface area (Å²) in [6.45, 7) is 2.19. The number of aliphatic hydroxyl groups excluding tert-OH is 2. The SMILES string of the molecule is CC(=O)/C=C/C#CCC[C@@H]1C[C@H]1CCCCCO.O=CC#CCC[C@@H]1C[C@H]1CCCCCO. The van der Waals surface area contributed by atoms with Crippen LogP contribution in [0.25, 0.3) is 0 Å². The molecular weight excluding hydrogens is 412 g/mol. The lowest BCUT2D eigenvalue weighted by Crippen LogP contribution is -1.87. The summed E-state index contributed by atoms with van der Waals surface area (Å²) < 4.78 is 0. The fraction of sp³-hybridized carbons (Fsp3) is 0.724. The van der Waals surface area contributed by atoms with Gasteiger partial charge in [-0.15, -0.1) is 0 Å². The number of ketones is 1. The molecule has 0 aromatic heterocycles. The minimum absolute atomic E-state index is 0.0504. The molecule has 0 bridgehead atoms. The maximum atomic E-state index is 10.6. The van der Waals surface area contributed by atoms with E-state index in [0.29, 0.717) is 19.5 Å². The van der Waals surface area contributed by atoms with Crippen molar-refractivity contribution in [2.75, 3.05) is 13.2 Å². The number of allylic oxidation sites excluding steroid dienone is 2. The van der Waals surface area contributed by atoms with Gasteiger partial charge in [-0.25, -0.2) is 0 Å². The monoisotopic (exact) mass is 456 g/mol. The third-order valence-electron chi connectivity index (χ3n) is 6.55. The molecule has 2 aliphatic rings. The zero-order valence-electron chi connectivity index (χ0n) is 20.6. The van der Waals surface area contributed by atoms with Crippen molar-refractivity contribution < 1.29 is 19.8 Å². The summed E-state index contributed by atoms with van der Waals surface area (Å²) in [5, 5.41) is 17.3. The maximum absolute atomic E-state index is 10.6. The second-order valence-corrected chi connectivity index (χ2v) is 9.44. The van der Waals surface area contributed by atoms with Gasteiger partial charge in [0.2, 0.25) is 0 Å². The van der Waals surface area contributed by atoms with Gasteiger partial charge in [0.1, 0.15) is 0 Å². The molecule has 0 aromatic carbocycles. The highest BCUT2D eigenvalue weighted by atomic mass is 16.3. The van der Waals surface area contributed by atoms with Crippen molar-refractivity contribution in [2.24, 2.45) is 23.7 Å². The van der Waals surface area contributed by atoms with Gasteiger partial charge in [0.15, 0.2) is 12.1 Å². The zero-order valence-corrected chi connectivity index (χ0v) is 20.6. The molecule has 0 unspecified atom stereocenters. The molecule has 2 aliphatic carbocycles. The summed E-state index contributed by atoms with van der Waals surface area (Å²) in [6.07, 6.45) is 20.1. The van der Waals surface area contributed by atoms with Gasteiger partial charge in [-0.05, 0) is 87.2 Å². The Morgan fingerprint density at radius 1 is 0.758 bits per heavy atom. The van der Waals surface area contributed by atoms with Crippen molar-refractivity contribution in [3.63, 3.8) is 0 Å². The number of unbranched alkanes of at least 4 members (excludes halogenated alkanes) is 4. The Bertz CT molecular complexity index is 688. The molecule has 2 fully saturated rings. The minimum atomic E-state index is 0.0504. The average Bonchev–Trinajstić information content (AvgIpc) is 3.72. The number of hydrogen-bond acceptors (Lipinski definition) is 4. The predicted octanol–water partition coefficient (Wildman–Crippen LogP) is 5.26. The highest BCUT2D eigenvalue weighted by Crippen LogP contribution is 2.46. The van der Waals surface area contributed by atoms with Crippen molar-refractivity contribution in [2.45, 2.75) is 96.8 Å². The Morgan fingerprint density at radius 3 is 1.70 bits per heavy atom. The van der Waals surface area contributed by atoms with Crippen molar-refractivity contribution in [1.82, 2.24) is 0 Å². The van der Waals surface area contributed by atoms with E-state index in [1.807, 2.05) is 0 Å². The fourth-order valence-electron chi connectivity index (χ4n) is 4.34. The third-order valence-corrected chi connectivity index (χ3v) is 6.55. The van der Waals surface area contributed by atoms with E-state index in [1.165, 1.54) is 57.9 Å². The highest BCUT2D eigenvalue weighted by molar-refractivity contribution is 5.87. The molecule has 184 valence electrons. The predicted molar refractivity (Wildman–Crippen MR) is 134 cm³/mol. The van der Waals surface area contributed by atoms with E-state index in [-0.39, 0.29) is 5.78 Å². The standard InChI is InChI=1S/C16H24O2.C13H20O2/c1-14(18)9-5-2-3-6-10-15-13-16(15)11-7-4-8-12-17;14-9-5-1-3-7-12-11-13(12)8-4-2-6-10-15/h5,9,15-17H,4,6-8,10-13H2,1H3;10,12-14H,1,3-5,7-9,11H2/b9-5+;/t15-,16-;12-,13-/m11/s1. The quantitative estimate of drug-likeness (QED) is 0.152. The molecule has 0 spiro atoms. The molecule has 0 aromatic rings. The van der Waals surface area contributed by atoms with Crippen molar-refractivity contribution in [1.29, 1.82) is 0 Å². The van der Waals surface area contributed by atoms with Crippen LogP contribution in [0.2, 0.25) is 0 Å². The van der Waals surface area contributed by atoms with Crippen LogP contribution in [0.1, 0.15) is 96.8 Å². The van der Waals surface area contributed by atoms with Crippen LogP contribution in [-0.2, 0) is 9.59 Å². The number of hydrogen-bond donors (Lipinski definition) is 2. The summed E-state index contributed by atoms with van der Waals surface area (Å²) in [7, 11) is 0.